The zero-order chi connectivity index (χ0) is 17.0. The molecular weight excluding hydrogens is 316 g/mol. The van der Waals surface area contributed by atoms with Crippen molar-refractivity contribution in [3.8, 4) is 0 Å². The van der Waals surface area contributed by atoms with Crippen LogP contribution in [-0.4, -0.2) is 38.9 Å². The van der Waals surface area contributed by atoms with Crippen LogP contribution in [0, 0.1) is 0 Å². The number of nitrogens with one attached hydrogen (secondary N) is 1. The van der Waals surface area contributed by atoms with Crippen molar-refractivity contribution in [2.24, 2.45) is 7.05 Å². The van der Waals surface area contributed by atoms with Gasteiger partial charge in [0, 0.05) is 26.2 Å². The van der Waals surface area contributed by atoms with Gasteiger partial charge in [0.1, 0.15) is 11.2 Å². The zero-order valence-electron chi connectivity index (χ0n) is 14.1. The van der Waals surface area contributed by atoms with E-state index in [-0.39, 0.29) is 5.56 Å². The average Bonchev–Trinajstić information content (AvgIpc) is 3.39. The molecule has 2 aromatic heterocycles. The molecule has 1 aromatic carbocycles. The molecule has 3 aromatic rings. The van der Waals surface area contributed by atoms with E-state index in [2.05, 4.69) is 49.1 Å². The fraction of sp³-hybridized carbons (Fsp3) is 0.389. The highest BCUT2D eigenvalue weighted by molar-refractivity contribution is 5.75. The molecule has 5 rings (SSSR count). The van der Waals surface area contributed by atoms with E-state index in [1.54, 1.807) is 10.9 Å². The Hall–Kier alpha value is -2.83. The molecule has 128 valence electrons. The molecule has 1 saturated carbocycles. The first-order valence-corrected chi connectivity index (χ1v) is 8.72. The van der Waals surface area contributed by atoms with Crippen LogP contribution in [-0.2, 0) is 13.6 Å². The summed E-state index contributed by atoms with van der Waals surface area (Å²) in [6.07, 6.45) is 4.15. The van der Waals surface area contributed by atoms with Crippen LogP contribution >= 0.6 is 0 Å². The molecule has 0 bridgehead atoms. The molecule has 7 nitrogen and oxygen atoms in total. The van der Waals surface area contributed by atoms with Crippen molar-refractivity contribution in [1.29, 1.82) is 0 Å². The first kappa shape index (κ1) is 14.5. The monoisotopic (exact) mass is 336 g/mol. The average molecular weight is 336 g/mol. The summed E-state index contributed by atoms with van der Waals surface area (Å²) in [5.41, 5.74) is 3.01. The van der Waals surface area contributed by atoms with Crippen molar-refractivity contribution in [1.82, 2.24) is 19.7 Å². The van der Waals surface area contributed by atoms with Crippen molar-refractivity contribution in [2.75, 3.05) is 22.9 Å². The second-order valence-corrected chi connectivity index (χ2v) is 6.85. The fourth-order valence-corrected chi connectivity index (χ4v) is 3.71. The SMILES string of the molecule is Cn1ncc2c(=O)[nH]c(CN3CCN(C4CC4)c4ccccc43)nc21. The van der Waals surface area contributed by atoms with E-state index < -0.39 is 0 Å². The van der Waals surface area contributed by atoms with Gasteiger partial charge in [0.15, 0.2) is 5.65 Å². The van der Waals surface area contributed by atoms with Crippen LogP contribution in [0.5, 0.6) is 0 Å². The number of rotatable bonds is 3. The molecule has 3 heterocycles. The Morgan fingerprint density at radius 2 is 2.00 bits per heavy atom. The van der Waals surface area contributed by atoms with E-state index in [0.29, 0.717) is 29.4 Å². The summed E-state index contributed by atoms with van der Waals surface area (Å²) in [6.45, 7) is 2.53. The Balaban J connectivity index is 1.51. The third-order valence-corrected chi connectivity index (χ3v) is 5.12. The maximum Gasteiger partial charge on any atom is 0.262 e. The number of benzene rings is 1. The van der Waals surface area contributed by atoms with E-state index in [1.165, 1.54) is 24.2 Å². The number of nitrogens with zero attached hydrogens (tertiary/aromatic N) is 5. The van der Waals surface area contributed by atoms with Crippen LogP contribution in [0.1, 0.15) is 18.7 Å². The van der Waals surface area contributed by atoms with Gasteiger partial charge in [-0.2, -0.15) is 5.10 Å². The highest BCUT2D eigenvalue weighted by Gasteiger charge is 2.33. The Morgan fingerprint density at radius 1 is 1.20 bits per heavy atom. The normalized spacial score (nSPS) is 17.2. The van der Waals surface area contributed by atoms with E-state index >= 15 is 0 Å². The lowest BCUT2D eigenvalue weighted by molar-refractivity contribution is 0.676. The number of fused-ring (bicyclic) bond motifs is 2. The molecular formula is C18H20N6O. The lowest BCUT2D eigenvalue weighted by atomic mass is 10.1. The first-order valence-electron chi connectivity index (χ1n) is 8.72. The van der Waals surface area contributed by atoms with E-state index in [1.807, 2.05) is 7.05 Å². The van der Waals surface area contributed by atoms with E-state index in [0.717, 1.165) is 13.1 Å². The summed E-state index contributed by atoms with van der Waals surface area (Å²) in [4.78, 5) is 24.6. The predicted molar refractivity (Wildman–Crippen MR) is 97.0 cm³/mol. The quantitative estimate of drug-likeness (QED) is 0.787. The Labute approximate surface area is 144 Å². The number of H-pyrrole nitrogens is 1. The van der Waals surface area contributed by atoms with Crippen molar-refractivity contribution in [2.45, 2.75) is 25.4 Å². The molecule has 0 saturated heterocycles. The van der Waals surface area contributed by atoms with Gasteiger partial charge in [0.25, 0.3) is 5.56 Å². The van der Waals surface area contributed by atoms with Gasteiger partial charge in [-0.1, -0.05) is 12.1 Å². The van der Waals surface area contributed by atoms with E-state index in [9.17, 15) is 4.79 Å². The van der Waals surface area contributed by atoms with Gasteiger partial charge < -0.3 is 14.8 Å². The van der Waals surface area contributed by atoms with Gasteiger partial charge >= 0.3 is 0 Å². The van der Waals surface area contributed by atoms with Crippen molar-refractivity contribution in [3.05, 3.63) is 46.6 Å². The van der Waals surface area contributed by atoms with Crippen LogP contribution in [0.25, 0.3) is 11.0 Å². The second kappa shape index (κ2) is 5.34. The third kappa shape index (κ3) is 2.38. The smallest absolute Gasteiger partial charge is 0.262 e. The number of anilines is 2. The summed E-state index contributed by atoms with van der Waals surface area (Å²) < 4.78 is 1.65. The number of aromatic amines is 1. The molecule has 1 fully saturated rings. The first-order chi connectivity index (χ1) is 12.2. The Bertz CT molecular complexity index is 1000. The number of aromatic nitrogens is 4. The minimum Gasteiger partial charge on any atom is -0.365 e. The highest BCUT2D eigenvalue weighted by Crippen LogP contribution is 2.40. The molecule has 1 aliphatic heterocycles. The molecule has 25 heavy (non-hydrogen) atoms. The Kier molecular flexibility index (Phi) is 3.10. The number of hydrogen-bond donors (Lipinski definition) is 1. The molecule has 0 amide bonds. The Morgan fingerprint density at radius 3 is 2.80 bits per heavy atom. The summed E-state index contributed by atoms with van der Waals surface area (Å²) >= 11 is 0. The molecule has 0 unspecified atom stereocenters. The van der Waals surface area contributed by atoms with Gasteiger partial charge in [-0.15, -0.1) is 0 Å². The van der Waals surface area contributed by atoms with Crippen molar-refractivity contribution >= 4 is 22.4 Å². The largest absolute Gasteiger partial charge is 0.365 e. The predicted octanol–water partition coefficient (Wildman–Crippen LogP) is 1.65. The standard InChI is InChI=1S/C18H20N6O/c1-22-17-13(10-19-22)18(25)21-16(20-17)11-23-8-9-24(12-6-7-12)15-5-3-2-4-14(15)23/h2-5,10,12H,6-9,11H2,1H3,(H,20,21,25). The summed E-state index contributed by atoms with van der Waals surface area (Å²) in [7, 11) is 1.81. The minimum atomic E-state index is -0.127. The van der Waals surface area contributed by atoms with Gasteiger partial charge in [0.05, 0.1) is 24.1 Å². The third-order valence-electron chi connectivity index (χ3n) is 5.12. The molecule has 7 heteroatoms. The van der Waals surface area contributed by atoms with Crippen molar-refractivity contribution in [3.63, 3.8) is 0 Å². The van der Waals surface area contributed by atoms with E-state index in [4.69, 9.17) is 0 Å². The van der Waals surface area contributed by atoms with Gasteiger partial charge in [-0.05, 0) is 25.0 Å². The van der Waals surface area contributed by atoms with Crippen LogP contribution in [0.2, 0.25) is 0 Å². The van der Waals surface area contributed by atoms with Gasteiger partial charge in [-0.25, -0.2) is 4.98 Å². The van der Waals surface area contributed by atoms with Gasteiger partial charge in [0.2, 0.25) is 0 Å². The maximum atomic E-state index is 12.3. The minimum absolute atomic E-state index is 0.127. The molecule has 0 radical (unpaired) electrons. The summed E-state index contributed by atoms with van der Waals surface area (Å²) in [6, 6.07) is 9.22. The molecule has 1 aliphatic carbocycles. The van der Waals surface area contributed by atoms with Crippen LogP contribution in [0.4, 0.5) is 11.4 Å². The summed E-state index contributed by atoms with van der Waals surface area (Å²) in [5, 5.41) is 4.66. The zero-order valence-corrected chi connectivity index (χ0v) is 14.1. The fourth-order valence-electron chi connectivity index (χ4n) is 3.71. The molecule has 2 aliphatic rings. The van der Waals surface area contributed by atoms with Crippen LogP contribution in [0.15, 0.2) is 35.3 Å². The second-order valence-electron chi connectivity index (χ2n) is 6.85. The van der Waals surface area contributed by atoms with Crippen LogP contribution < -0.4 is 15.4 Å². The summed E-state index contributed by atoms with van der Waals surface area (Å²) in [5.74, 6) is 0.677. The number of para-hydroxylation sites is 2. The number of aryl methyl sites for hydroxylation is 1. The maximum absolute atomic E-state index is 12.3. The molecule has 0 spiro atoms. The molecule has 1 N–H and O–H groups in total. The van der Waals surface area contributed by atoms with Gasteiger partial charge in [-0.3, -0.25) is 9.48 Å². The topological polar surface area (TPSA) is 70.1 Å². The number of hydrogen-bond acceptors (Lipinski definition) is 5. The van der Waals surface area contributed by atoms with Crippen LogP contribution in [0.3, 0.4) is 0 Å². The lowest BCUT2D eigenvalue weighted by Crippen LogP contribution is -2.42. The van der Waals surface area contributed by atoms with Crippen molar-refractivity contribution < 1.29 is 0 Å². The molecule has 0 atom stereocenters. The lowest BCUT2D eigenvalue weighted by Gasteiger charge is -2.38. The highest BCUT2D eigenvalue weighted by atomic mass is 16.1.